The quantitative estimate of drug-likeness (QED) is 0.450. The Morgan fingerprint density at radius 2 is 2.05 bits per heavy atom. The topological polar surface area (TPSA) is 110 Å². The Balaban J connectivity index is 0.000000711. The highest BCUT2D eigenvalue weighted by Gasteiger charge is 2.08. The highest BCUT2D eigenvalue weighted by molar-refractivity contribution is 6.29. The number of nitrogens with one attached hydrogen (secondary N) is 2. The molecule has 1 aromatic rings. The molecular formula is C10H13ClN4O4. The van der Waals surface area contributed by atoms with E-state index in [0.29, 0.717) is 0 Å². The molecule has 0 radical (unpaired) electrons. The van der Waals surface area contributed by atoms with E-state index in [1.54, 1.807) is 7.11 Å². The first-order chi connectivity index (χ1) is 9.04. The van der Waals surface area contributed by atoms with E-state index in [0.717, 1.165) is 12.8 Å². The van der Waals surface area contributed by atoms with Gasteiger partial charge < -0.3 is 4.74 Å². The number of hydrogen-bond acceptors (Lipinski definition) is 6. The minimum Gasteiger partial charge on any atom is -0.385 e. The highest BCUT2D eigenvalue weighted by Crippen LogP contribution is 2.01. The molecule has 19 heavy (non-hydrogen) atoms. The maximum Gasteiger partial charge on any atom is 0.302 e. The van der Waals surface area contributed by atoms with Gasteiger partial charge in [-0.05, 0) is 6.92 Å². The van der Waals surface area contributed by atoms with E-state index in [9.17, 15) is 14.4 Å². The minimum absolute atomic E-state index is 0.0178. The second-order valence-electron chi connectivity index (χ2n) is 2.87. The van der Waals surface area contributed by atoms with Crippen LogP contribution in [0.4, 0.5) is 0 Å². The third-order valence-corrected chi connectivity index (χ3v) is 1.71. The van der Waals surface area contributed by atoms with Crippen LogP contribution in [-0.2, 0) is 14.3 Å². The molecule has 9 heteroatoms. The molecule has 0 unspecified atom stereocenters. The number of methoxy groups -OCH3 is 1. The van der Waals surface area contributed by atoms with Crippen LogP contribution in [0.2, 0.25) is 5.15 Å². The van der Waals surface area contributed by atoms with Crippen LogP contribution in [0.5, 0.6) is 0 Å². The van der Waals surface area contributed by atoms with Gasteiger partial charge in [0.2, 0.25) is 6.29 Å². The van der Waals surface area contributed by atoms with Crippen molar-refractivity contribution in [3.05, 3.63) is 23.2 Å². The predicted molar refractivity (Wildman–Crippen MR) is 66.3 cm³/mol. The summed E-state index contributed by atoms with van der Waals surface area (Å²) in [4.78, 5) is 38.8. The van der Waals surface area contributed by atoms with Gasteiger partial charge in [-0.2, -0.15) is 0 Å². The summed E-state index contributed by atoms with van der Waals surface area (Å²) in [6.07, 6.45) is 2.43. The molecule has 0 aliphatic rings. The number of hydrazine groups is 1. The van der Waals surface area contributed by atoms with Crippen LogP contribution >= 0.6 is 11.6 Å². The number of carbonyl (C=O) groups is 3. The fourth-order valence-corrected chi connectivity index (χ4v) is 0.811. The summed E-state index contributed by atoms with van der Waals surface area (Å²) in [5.41, 5.74) is 3.70. The summed E-state index contributed by atoms with van der Waals surface area (Å²) < 4.78 is 4.54. The molecule has 1 aromatic heterocycles. The van der Waals surface area contributed by atoms with Crippen LogP contribution in [0.1, 0.15) is 17.4 Å². The molecule has 0 aliphatic carbocycles. The van der Waals surface area contributed by atoms with Crippen LogP contribution in [-0.4, -0.2) is 41.8 Å². The van der Waals surface area contributed by atoms with E-state index >= 15 is 0 Å². The zero-order valence-electron chi connectivity index (χ0n) is 10.3. The van der Waals surface area contributed by atoms with Gasteiger partial charge in [-0.15, -0.1) is 0 Å². The molecule has 0 saturated heterocycles. The van der Waals surface area contributed by atoms with Crippen molar-refractivity contribution < 1.29 is 19.1 Å². The maximum absolute atomic E-state index is 11.2. The summed E-state index contributed by atoms with van der Waals surface area (Å²) in [6.45, 7) is 2.78. The van der Waals surface area contributed by atoms with Crippen LogP contribution < -0.4 is 10.9 Å². The maximum atomic E-state index is 11.2. The van der Waals surface area contributed by atoms with E-state index in [1.165, 1.54) is 6.20 Å². The summed E-state index contributed by atoms with van der Waals surface area (Å²) >= 11 is 5.48. The molecule has 0 aliphatic heterocycles. The lowest BCUT2D eigenvalue weighted by Gasteiger charge is -2.02. The third-order valence-electron chi connectivity index (χ3n) is 1.53. The molecule has 8 nitrogen and oxygen atoms in total. The average molecular weight is 289 g/mol. The first-order valence-corrected chi connectivity index (χ1v) is 5.44. The molecule has 1 rings (SSSR count). The van der Waals surface area contributed by atoms with Gasteiger partial charge in [0.1, 0.15) is 10.8 Å². The molecule has 2 N–H and O–H groups in total. The lowest BCUT2D eigenvalue weighted by Crippen LogP contribution is -2.42. The van der Waals surface area contributed by atoms with E-state index in [2.05, 4.69) is 14.7 Å². The third kappa shape index (κ3) is 7.79. The molecule has 2 amide bonds. The normalized spacial score (nSPS) is 8.79. The van der Waals surface area contributed by atoms with Gasteiger partial charge in [0.25, 0.3) is 5.91 Å². The SMILES string of the molecule is CCOC.O=CC(=O)NNC(=O)c1cncc(Cl)n1. The molecular weight excluding hydrogens is 276 g/mol. The smallest absolute Gasteiger partial charge is 0.302 e. The molecule has 0 bridgehead atoms. The van der Waals surface area contributed by atoms with E-state index in [1.807, 2.05) is 17.8 Å². The number of halogens is 1. The molecule has 0 spiro atoms. The Morgan fingerprint density at radius 3 is 2.53 bits per heavy atom. The van der Waals surface area contributed by atoms with Crippen molar-refractivity contribution in [2.75, 3.05) is 13.7 Å². The lowest BCUT2D eigenvalue weighted by atomic mass is 10.4. The first kappa shape index (κ1) is 16.9. The summed E-state index contributed by atoms with van der Waals surface area (Å²) in [7, 11) is 1.68. The van der Waals surface area contributed by atoms with E-state index in [4.69, 9.17) is 11.6 Å². The van der Waals surface area contributed by atoms with Crippen molar-refractivity contribution in [1.29, 1.82) is 0 Å². The van der Waals surface area contributed by atoms with Crippen LogP contribution in [0.15, 0.2) is 12.4 Å². The van der Waals surface area contributed by atoms with Crippen molar-refractivity contribution >= 4 is 29.7 Å². The zero-order chi connectivity index (χ0) is 14.7. The van der Waals surface area contributed by atoms with Crippen molar-refractivity contribution in [3.8, 4) is 0 Å². The van der Waals surface area contributed by atoms with Gasteiger partial charge >= 0.3 is 5.91 Å². The minimum atomic E-state index is -0.974. The number of nitrogens with zero attached hydrogens (tertiary/aromatic N) is 2. The molecule has 0 fully saturated rings. The zero-order valence-corrected chi connectivity index (χ0v) is 11.1. The Bertz CT molecular complexity index is 439. The van der Waals surface area contributed by atoms with Gasteiger partial charge in [0.05, 0.1) is 12.4 Å². The number of carbonyl (C=O) groups excluding carboxylic acids is 3. The molecule has 0 atom stereocenters. The van der Waals surface area contributed by atoms with Crippen LogP contribution in [0, 0.1) is 0 Å². The summed E-state index contributed by atoms with van der Waals surface area (Å²) in [5, 5.41) is 0.0457. The van der Waals surface area contributed by atoms with Gasteiger partial charge in [0.15, 0.2) is 0 Å². The second-order valence-corrected chi connectivity index (χ2v) is 3.25. The van der Waals surface area contributed by atoms with Crippen molar-refractivity contribution in [2.45, 2.75) is 6.92 Å². The number of ether oxygens (including phenoxy) is 1. The largest absolute Gasteiger partial charge is 0.385 e. The Hall–Kier alpha value is -2.06. The number of rotatable bonds is 3. The standard InChI is InChI=1S/C7H5ClN4O3.C3H8O/c8-5-2-9-1-4(10-5)7(15)12-11-6(14)3-13;1-3-4-2/h1-3H,(H,11,14)(H,12,15);3H2,1-2H3. The van der Waals surface area contributed by atoms with E-state index < -0.39 is 11.8 Å². The van der Waals surface area contributed by atoms with Crippen molar-refractivity contribution in [3.63, 3.8) is 0 Å². The first-order valence-electron chi connectivity index (χ1n) is 5.07. The molecule has 1 heterocycles. The van der Waals surface area contributed by atoms with Crippen LogP contribution in [0.3, 0.4) is 0 Å². The van der Waals surface area contributed by atoms with Crippen LogP contribution in [0.25, 0.3) is 0 Å². The Kier molecular flexibility index (Phi) is 8.84. The number of hydrogen-bond donors (Lipinski definition) is 2. The Labute approximate surface area is 114 Å². The number of aromatic nitrogens is 2. The van der Waals surface area contributed by atoms with Gasteiger partial charge in [-0.3, -0.25) is 30.2 Å². The van der Waals surface area contributed by atoms with Gasteiger partial charge in [0, 0.05) is 13.7 Å². The molecule has 104 valence electrons. The average Bonchev–Trinajstić information content (AvgIpc) is 2.44. The van der Waals surface area contributed by atoms with Gasteiger partial charge in [-0.25, -0.2) is 4.98 Å². The van der Waals surface area contributed by atoms with Gasteiger partial charge in [-0.1, -0.05) is 11.6 Å². The number of aldehydes is 1. The summed E-state index contributed by atoms with van der Waals surface area (Å²) in [6, 6.07) is 0. The van der Waals surface area contributed by atoms with Crippen molar-refractivity contribution in [2.24, 2.45) is 0 Å². The predicted octanol–water partition coefficient (Wildman–Crippen LogP) is -0.257. The number of amides is 2. The molecule has 0 aromatic carbocycles. The van der Waals surface area contributed by atoms with E-state index in [-0.39, 0.29) is 17.1 Å². The fraction of sp³-hybridized carbons (Fsp3) is 0.300. The highest BCUT2D eigenvalue weighted by atomic mass is 35.5. The Morgan fingerprint density at radius 1 is 1.42 bits per heavy atom. The summed E-state index contributed by atoms with van der Waals surface area (Å²) in [5.74, 6) is -1.70. The molecule has 0 saturated carbocycles. The van der Waals surface area contributed by atoms with Crippen molar-refractivity contribution in [1.82, 2.24) is 20.8 Å². The fourth-order valence-electron chi connectivity index (χ4n) is 0.663. The second kappa shape index (κ2) is 9.92. The lowest BCUT2D eigenvalue weighted by molar-refractivity contribution is -0.131. The monoisotopic (exact) mass is 288 g/mol.